The molecule has 1 heterocycles. The predicted octanol–water partition coefficient (Wildman–Crippen LogP) is 4.25. The minimum atomic E-state index is -1.52. The number of aryl methyl sites for hydroxylation is 1. The van der Waals surface area contributed by atoms with Gasteiger partial charge in [0.15, 0.2) is 12.6 Å². The van der Waals surface area contributed by atoms with E-state index in [2.05, 4.69) is 6.58 Å². The molecule has 0 radical (unpaired) electrons. The molecule has 174 valence electrons. The fourth-order valence-corrected chi connectivity index (χ4v) is 4.68. The molecule has 7 heteroatoms. The number of hydrogen-bond donors (Lipinski definition) is 0. The van der Waals surface area contributed by atoms with Crippen molar-refractivity contribution in [1.29, 1.82) is 0 Å². The largest absolute Gasteiger partial charge is 0.496 e. The molecule has 1 aromatic carbocycles. The lowest BCUT2D eigenvalue weighted by Crippen LogP contribution is -2.53. The SMILES string of the molecule is C=CCOC(=O)C1(CCCF)C[C@]2(C(C)Cc3ccc(C)c(OC)c3)OCOC2=CC1=O. The Hall–Kier alpha value is -2.67. The van der Waals surface area contributed by atoms with Crippen LogP contribution >= 0.6 is 0 Å². The quantitative estimate of drug-likeness (QED) is 0.304. The molecule has 3 atom stereocenters. The molecule has 6 nitrogen and oxygen atoms in total. The Bertz CT molecular complexity index is 910. The van der Waals surface area contributed by atoms with Crippen LogP contribution in [0.15, 0.2) is 42.7 Å². The Morgan fingerprint density at radius 1 is 1.41 bits per heavy atom. The van der Waals surface area contributed by atoms with E-state index in [0.29, 0.717) is 12.2 Å². The highest BCUT2D eigenvalue weighted by atomic mass is 19.1. The molecule has 2 aliphatic rings. The number of benzene rings is 1. The number of carbonyl (C=O) groups is 2. The molecule has 32 heavy (non-hydrogen) atoms. The van der Waals surface area contributed by atoms with Crippen LogP contribution < -0.4 is 4.74 Å². The van der Waals surface area contributed by atoms with Gasteiger partial charge in [0.1, 0.15) is 29.1 Å². The van der Waals surface area contributed by atoms with Crippen LogP contribution in [-0.2, 0) is 30.2 Å². The zero-order chi connectivity index (χ0) is 23.4. The number of ketones is 1. The predicted molar refractivity (Wildman–Crippen MR) is 117 cm³/mol. The van der Waals surface area contributed by atoms with Crippen molar-refractivity contribution >= 4 is 11.8 Å². The molecule has 0 aromatic heterocycles. The lowest BCUT2D eigenvalue weighted by Gasteiger charge is -2.43. The van der Waals surface area contributed by atoms with Crippen LogP contribution in [0.25, 0.3) is 0 Å². The van der Waals surface area contributed by atoms with Gasteiger partial charge in [0.05, 0.1) is 13.8 Å². The molecule has 1 aromatic rings. The summed E-state index contributed by atoms with van der Waals surface area (Å²) in [4.78, 5) is 26.2. The summed E-state index contributed by atoms with van der Waals surface area (Å²) in [5, 5.41) is 0. The first kappa shape index (κ1) is 24.0. The first-order chi connectivity index (χ1) is 15.3. The maximum absolute atomic E-state index is 13.1. The minimum absolute atomic E-state index is 0.0123. The van der Waals surface area contributed by atoms with Crippen molar-refractivity contribution in [2.45, 2.75) is 45.1 Å². The fourth-order valence-electron chi connectivity index (χ4n) is 4.68. The smallest absolute Gasteiger partial charge is 0.320 e. The standard InChI is InChI=1S/C25H31FO6/c1-5-11-30-23(28)24(9-6-10-26)15-25(22(14-21(24)27)31-16-32-25)18(3)12-19-8-7-17(2)20(13-19)29-4/h5,7-8,13-14,18H,1,6,9-12,15-16H2,2-4H3/t18?,24?,25-/m1/s1. The third-order valence-corrected chi connectivity index (χ3v) is 6.52. The molecule has 3 rings (SSSR count). The molecular weight excluding hydrogens is 415 g/mol. The van der Waals surface area contributed by atoms with Crippen LogP contribution in [0.3, 0.4) is 0 Å². The zero-order valence-electron chi connectivity index (χ0n) is 18.9. The molecule has 1 aliphatic heterocycles. The van der Waals surface area contributed by atoms with Gasteiger partial charge in [-0.1, -0.05) is 31.7 Å². The van der Waals surface area contributed by atoms with Crippen LogP contribution in [0.2, 0.25) is 0 Å². The summed E-state index contributed by atoms with van der Waals surface area (Å²) in [5.74, 6) is -0.0450. The summed E-state index contributed by atoms with van der Waals surface area (Å²) in [6, 6.07) is 5.99. The van der Waals surface area contributed by atoms with E-state index in [1.165, 1.54) is 12.2 Å². The van der Waals surface area contributed by atoms with Gasteiger partial charge < -0.3 is 18.9 Å². The second-order valence-electron chi connectivity index (χ2n) is 8.52. The Morgan fingerprint density at radius 3 is 2.88 bits per heavy atom. The molecule has 0 amide bonds. The minimum Gasteiger partial charge on any atom is -0.496 e. The number of alkyl halides is 1. The summed E-state index contributed by atoms with van der Waals surface area (Å²) < 4.78 is 35.6. The molecular formula is C25H31FO6. The first-order valence-corrected chi connectivity index (χ1v) is 10.8. The number of allylic oxidation sites excluding steroid dienone is 1. The van der Waals surface area contributed by atoms with Gasteiger partial charge in [-0.25, -0.2) is 0 Å². The van der Waals surface area contributed by atoms with E-state index in [-0.39, 0.29) is 38.6 Å². The van der Waals surface area contributed by atoms with Gasteiger partial charge in [-0.3, -0.25) is 14.0 Å². The monoisotopic (exact) mass is 446 g/mol. The molecule has 2 unspecified atom stereocenters. The molecule has 0 N–H and O–H groups in total. The third kappa shape index (κ3) is 4.31. The van der Waals surface area contributed by atoms with E-state index in [0.717, 1.165) is 16.9 Å². The number of halogens is 1. The fraction of sp³-hybridized carbons (Fsp3) is 0.520. The van der Waals surface area contributed by atoms with E-state index in [1.54, 1.807) is 7.11 Å². The number of fused-ring (bicyclic) bond motifs is 1. The topological polar surface area (TPSA) is 71.1 Å². The summed E-state index contributed by atoms with van der Waals surface area (Å²) in [5.41, 5.74) is -0.452. The Balaban J connectivity index is 1.97. The first-order valence-electron chi connectivity index (χ1n) is 10.8. The zero-order valence-corrected chi connectivity index (χ0v) is 18.9. The van der Waals surface area contributed by atoms with Crippen molar-refractivity contribution in [3.8, 4) is 5.75 Å². The number of methoxy groups -OCH3 is 1. The second-order valence-corrected chi connectivity index (χ2v) is 8.52. The van der Waals surface area contributed by atoms with E-state index in [9.17, 15) is 14.0 Å². The maximum Gasteiger partial charge on any atom is 0.320 e. The van der Waals surface area contributed by atoms with Gasteiger partial charge >= 0.3 is 5.97 Å². The number of esters is 1. The molecule has 1 saturated heterocycles. The van der Waals surface area contributed by atoms with Crippen molar-refractivity contribution in [1.82, 2.24) is 0 Å². The van der Waals surface area contributed by atoms with Crippen molar-refractivity contribution in [3.63, 3.8) is 0 Å². The van der Waals surface area contributed by atoms with E-state index < -0.39 is 29.4 Å². The average molecular weight is 447 g/mol. The highest BCUT2D eigenvalue weighted by molar-refractivity contribution is 6.10. The van der Waals surface area contributed by atoms with Crippen molar-refractivity contribution in [3.05, 3.63) is 53.8 Å². The summed E-state index contributed by atoms with van der Waals surface area (Å²) in [7, 11) is 1.63. The van der Waals surface area contributed by atoms with Gasteiger partial charge in [-0.05, 0) is 49.3 Å². The van der Waals surface area contributed by atoms with Gasteiger partial charge in [0.25, 0.3) is 0 Å². The Kier molecular flexibility index (Phi) is 7.39. The van der Waals surface area contributed by atoms with Crippen LogP contribution in [-0.4, -0.2) is 44.5 Å². The molecule has 1 aliphatic carbocycles. The van der Waals surface area contributed by atoms with Gasteiger partial charge in [0.2, 0.25) is 0 Å². The molecule has 0 saturated carbocycles. The van der Waals surface area contributed by atoms with Gasteiger partial charge in [-0.2, -0.15) is 0 Å². The lowest BCUT2D eigenvalue weighted by molar-refractivity contribution is -0.166. The van der Waals surface area contributed by atoms with Gasteiger partial charge in [-0.15, -0.1) is 0 Å². The molecule has 1 fully saturated rings. The highest BCUT2D eigenvalue weighted by Gasteiger charge is 2.61. The number of rotatable bonds is 10. The maximum atomic E-state index is 13.1. The van der Waals surface area contributed by atoms with E-state index >= 15 is 0 Å². The van der Waals surface area contributed by atoms with Crippen molar-refractivity contribution in [2.24, 2.45) is 11.3 Å². The Morgan fingerprint density at radius 2 is 2.19 bits per heavy atom. The third-order valence-electron chi connectivity index (χ3n) is 6.52. The second kappa shape index (κ2) is 9.86. The van der Waals surface area contributed by atoms with Crippen LogP contribution in [0, 0.1) is 18.3 Å². The van der Waals surface area contributed by atoms with E-state index in [4.69, 9.17) is 18.9 Å². The molecule has 0 spiro atoms. The highest BCUT2D eigenvalue weighted by Crippen LogP contribution is 2.52. The normalized spacial score (nSPS) is 25.4. The average Bonchev–Trinajstić information content (AvgIpc) is 3.20. The summed E-state index contributed by atoms with van der Waals surface area (Å²) in [6.45, 7) is 6.85. The van der Waals surface area contributed by atoms with Crippen LogP contribution in [0.4, 0.5) is 4.39 Å². The van der Waals surface area contributed by atoms with E-state index in [1.807, 2.05) is 32.0 Å². The van der Waals surface area contributed by atoms with Crippen LogP contribution in [0.5, 0.6) is 5.75 Å². The van der Waals surface area contributed by atoms with Crippen molar-refractivity contribution in [2.75, 3.05) is 27.2 Å². The summed E-state index contributed by atoms with van der Waals surface area (Å²) in [6.07, 6.45) is 3.54. The number of hydrogen-bond acceptors (Lipinski definition) is 6. The number of carbonyl (C=O) groups excluding carboxylic acids is 2. The van der Waals surface area contributed by atoms with Gasteiger partial charge in [0, 0.05) is 12.5 Å². The van der Waals surface area contributed by atoms with Crippen molar-refractivity contribution < 1.29 is 32.9 Å². The Labute approximate surface area is 188 Å². The summed E-state index contributed by atoms with van der Waals surface area (Å²) >= 11 is 0. The molecule has 0 bridgehead atoms. The number of ether oxygens (including phenoxy) is 4. The van der Waals surface area contributed by atoms with Crippen LogP contribution in [0.1, 0.15) is 37.3 Å². The lowest BCUT2D eigenvalue weighted by atomic mass is 9.63.